The zero-order valence-corrected chi connectivity index (χ0v) is 14.8. The number of nitrogens with zero attached hydrogens (tertiary/aromatic N) is 1. The molecular formula is C19H29N3O2. The molecule has 3 heterocycles. The average molecular weight is 331 g/mol. The van der Waals surface area contributed by atoms with Crippen LogP contribution in [0.1, 0.15) is 62.9 Å². The molecule has 0 radical (unpaired) electrons. The van der Waals surface area contributed by atoms with Crippen molar-refractivity contribution in [3.63, 3.8) is 0 Å². The third-order valence-corrected chi connectivity index (χ3v) is 6.26. The number of fused-ring (bicyclic) bond motifs is 2. The molecule has 3 aliphatic rings. The smallest absolute Gasteiger partial charge is 0.315 e. The van der Waals surface area contributed by atoms with Gasteiger partial charge in [0.1, 0.15) is 11.5 Å². The Labute approximate surface area is 144 Å². The minimum atomic E-state index is -0.0691. The first kappa shape index (κ1) is 16.0. The number of furan rings is 1. The van der Waals surface area contributed by atoms with Crippen LogP contribution in [-0.4, -0.2) is 36.1 Å². The SMILES string of the molecule is C[C@@H]1C[C@@H]1c1ccc(CNC(=O)NC2C[C@H]3CCC[C@@H](C2)N3C)o1. The largest absolute Gasteiger partial charge is 0.464 e. The van der Waals surface area contributed by atoms with Gasteiger partial charge in [-0.05, 0) is 57.2 Å². The van der Waals surface area contributed by atoms with Crippen LogP contribution in [-0.2, 0) is 6.54 Å². The minimum absolute atomic E-state index is 0.0691. The summed E-state index contributed by atoms with van der Waals surface area (Å²) in [5.41, 5.74) is 0. The number of piperidine rings is 2. The number of carbonyl (C=O) groups excluding carboxylic acids is 1. The number of urea groups is 1. The van der Waals surface area contributed by atoms with Crippen molar-refractivity contribution in [2.45, 2.75) is 76.0 Å². The molecule has 2 amide bonds. The molecule has 1 saturated carbocycles. The van der Waals surface area contributed by atoms with Crippen LogP contribution in [0.5, 0.6) is 0 Å². The van der Waals surface area contributed by atoms with E-state index in [1.165, 1.54) is 25.7 Å². The molecule has 2 saturated heterocycles. The summed E-state index contributed by atoms with van der Waals surface area (Å²) in [4.78, 5) is 14.7. The summed E-state index contributed by atoms with van der Waals surface area (Å²) < 4.78 is 5.84. The standard InChI is InChI=1S/C19H29N3O2/c1-12-8-17(12)18-7-6-16(24-18)11-20-19(23)21-13-9-14-4-3-5-15(10-13)22(14)2/h6-7,12-15,17H,3-5,8-11H2,1-2H3,(H2,20,21,23)/t12-,13?,14-,15+,17+/m1/s1. The Morgan fingerprint density at radius 2 is 1.96 bits per heavy atom. The fourth-order valence-electron chi connectivity index (χ4n) is 4.54. The van der Waals surface area contributed by atoms with Gasteiger partial charge in [-0.1, -0.05) is 13.3 Å². The van der Waals surface area contributed by atoms with Crippen molar-refractivity contribution in [2.75, 3.05) is 7.05 Å². The molecule has 3 fully saturated rings. The quantitative estimate of drug-likeness (QED) is 0.891. The molecule has 1 aromatic rings. The molecule has 0 spiro atoms. The van der Waals surface area contributed by atoms with E-state index in [4.69, 9.17) is 4.42 Å². The normalized spacial score (nSPS) is 35.5. The molecule has 5 heteroatoms. The molecule has 24 heavy (non-hydrogen) atoms. The maximum atomic E-state index is 12.2. The first-order chi connectivity index (χ1) is 11.6. The Balaban J connectivity index is 1.24. The first-order valence-corrected chi connectivity index (χ1v) is 9.45. The Kier molecular flexibility index (Phi) is 4.29. The van der Waals surface area contributed by atoms with E-state index in [9.17, 15) is 4.79 Å². The van der Waals surface area contributed by atoms with Crippen molar-refractivity contribution in [3.8, 4) is 0 Å². The van der Waals surface area contributed by atoms with E-state index in [1.807, 2.05) is 6.07 Å². The van der Waals surface area contributed by atoms with Gasteiger partial charge in [-0.25, -0.2) is 4.79 Å². The van der Waals surface area contributed by atoms with Gasteiger partial charge in [0.15, 0.2) is 0 Å². The summed E-state index contributed by atoms with van der Waals surface area (Å²) in [6.45, 7) is 2.71. The maximum absolute atomic E-state index is 12.2. The van der Waals surface area contributed by atoms with Crippen molar-refractivity contribution < 1.29 is 9.21 Å². The topological polar surface area (TPSA) is 57.5 Å². The minimum Gasteiger partial charge on any atom is -0.464 e. The van der Waals surface area contributed by atoms with Gasteiger partial charge in [-0.3, -0.25) is 0 Å². The number of hydrogen-bond acceptors (Lipinski definition) is 3. The highest BCUT2D eigenvalue weighted by molar-refractivity contribution is 5.74. The first-order valence-electron chi connectivity index (χ1n) is 9.45. The summed E-state index contributed by atoms with van der Waals surface area (Å²) in [5, 5.41) is 6.12. The molecule has 2 bridgehead atoms. The van der Waals surface area contributed by atoms with Gasteiger partial charge >= 0.3 is 6.03 Å². The number of rotatable bonds is 4. The zero-order chi connectivity index (χ0) is 16.7. The molecule has 5 atom stereocenters. The van der Waals surface area contributed by atoms with E-state index in [1.54, 1.807) is 0 Å². The number of hydrogen-bond donors (Lipinski definition) is 2. The maximum Gasteiger partial charge on any atom is 0.315 e. The lowest BCUT2D eigenvalue weighted by Gasteiger charge is -2.47. The van der Waals surface area contributed by atoms with E-state index in [2.05, 4.69) is 35.6 Å². The summed E-state index contributed by atoms with van der Waals surface area (Å²) in [7, 11) is 2.24. The van der Waals surface area contributed by atoms with Crippen LogP contribution in [0.4, 0.5) is 4.79 Å². The van der Waals surface area contributed by atoms with E-state index >= 15 is 0 Å². The second-order valence-electron chi connectivity index (χ2n) is 8.02. The van der Waals surface area contributed by atoms with Crippen molar-refractivity contribution in [1.29, 1.82) is 0 Å². The van der Waals surface area contributed by atoms with Gasteiger partial charge in [-0.2, -0.15) is 0 Å². The fraction of sp³-hybridized carbons (Fsp3) is 0.737. The Hall–Kier alpha value is -1.49. The lowest BCUT2D eigenvalue weighted by Crippen LogP contribution is -2.56. The number of nitrogens with one attached hydrogen (secondary N) is 2. The Bertz CT molecular complexity index is 585. The molecule has 5 nitrogen and oxygen atoms in total. The van der Waals surface area contributed by atoms with E-state index in [-0.39, 0.29) is 6.03 Å². The van der Waals surface area contributed by atoms with Gasteiger partial charge in [-0.15, -0.1) is 0 Å². The average Bonchev–Trinajstić information content (AvgIpc) is 3.08. The molecule has 4 rings (SSSR count). The summed E-state index contributed by atoms with van der Waals surface area (Å²) in [5.74, 6) is 3.25. The summed E-state index contributed by atoms with van der Waals surface area (Å²) in [6.07, 6.45) is 7.23. The molecular weight excluding hydrogens is 302 g/mol. The third kappa shape index (κ3) is 3.32. The molecule has 2 aliphatic heterocycles. The van der Waals surface area contributed by atoms with Crippen LogP contribution in [0.25, 0.3) is 0 Å². The summed E-state index contributed by atoms with van der Waals surface area (Å²) >= 11 is 0. The highest BCUT2D eigenvalue weighted by atomic mass is 16.3. The van der Waals surface area contributed by atoms with Crippen LogP contribution in [0, 0.1) is 5.92 Å². The monoisotopic (exact) mass is 331 g/mol. The van der Waals surface area contributed by atoms with Crippen LogP contribution in [0.2, 0.25) is 0 Å². The summed E-state index contributed by atoms with van der Waals surface area (Å²) in [6, 6.07) is 5.55. The van der Waals surface area contributed by atoms with Crippen LogP contribution in [0.3, 0.4) is 0 Å². The van der Waals surface area contributed by atoms with Crippen LogP contribution in [0.15, 0.2) is 16.5 Å². The van der Waals surface area contributed by atoms with Gasteiger partial charge in [0, 0.05) is 24.0 Å². The van der Waals surface area contributed by atoms with Gasteiger partial charge in [0.2, 0.25) is 0 Å². The van der Waals surface area contributed by atoms with Gasteiger partial charge in [0.25, 0.3) is 0 Å². The fourth-order valence-corrected chi connectivity index (χ4v) is 4.54. The highest BCUT2D eigenvalue weighted by Gasteiger charge is 2.37. The van der Waals surface area contributed by atoms with Crippen molar-refractivity contribution in [2.24, 2.45) is 5.92 Å². The van der Waals surface area contributed by atoms with E-state index in [0.29, 0.717) is 30.6 Å². The van der Waals surface area contributed by atoms with E-state index < -0.39 is 0 Å². The van der Waals surface area contributed by atoms with Crippen molar-refractivity contribution >= 4 is 6.03 Å². The predicted octanol–water partition coefficient (Wildman–Crippen LogP) is 3.22. The highest BCUT2D eigenvalue weighted by Crippen LogP contribution is 2.47. The van der Waals surface area contributed by atoms with Crippen molar-refractivity contribution in [1.82, 2.24) is 15.5 Å². The lowest BCUT2D eigenvalue weighted by atomic mass is 9.82. The zero-order valence-electron chi connectivity index (χ0n) is 14.8. The number of amides is 2. The number of carbonyl (C=O) groups is 1. The second-order valence-corrected chi connectivity index (χ2v) is 8.02. The molecule has 2 N–H and O–H groups in total. The van der Waals surface area contributed by atoms with Gasteiger partial charge in [0.05, 0.1) is 6.54 Å². The van der Waals surface area contributed by atoms with Gasteiger partial charge < -0.3 is 20.0 Å². The predicted molar refractivity (Wildman–Crippen MR) is 92.8 cm³/mol. The third-order valence-electron chi connectivity index (χ3n) is 6.26. The molecule has 1 aromatic heterocycles. The van der Waals surface area contributed by atoms with Crippen LogP contribution >= 0.6 is 0 Å². The van der Waals surface area contributed by atoms with E-state index in [0.717, 1.165) is 30.3 Å². The second kappa shape index (κ2) is 6.43. The molecule has 0 aromatic carbocycles. The van der Waals surface area contributed by atoms with Crippen LogP contribution < -0.4 is 10.6 Å². The lowest BCUT2D eigenvalue weighted by molar-refractivity contribution is 0.0509. The van der Waals surface area contributed by atoms with Crippen molar-refractivity contribution in [3.05, 3.63) is 23.7 Å². The molecule has 1 aliphatic carbocycles. The Morgan fingerprint density at radius 1 is 1.25 bits per heavy atom. The molecule has 1 unspecified atom stereocenters. The Morgan fingerprint density at radius 3 is 2.62 bits per heavy atom. The molecule has 132 valence electrons.